The molecule has 0 bridgehead atoms. The maximum Gasteiger partial charge on any atom is 0.315 e. The molecule has 1 aromatic rings. The molecular formula is C20H32N4O4. The average Bonchev–Trinajstić information content (AvgIpc) is 3.07. The van der Waals surface area contributed by atoms with Crippen LogP contribution in [0.3, 0.4) is 0 Å². The lowest BCUT2D eigenvalue weighted by atomic mass is 10.2. The highest BCUT2D eigenvalue weighted by Gasteiger charge is 2.32. The molecule has 2 N–H and O–H groups in total. The van der Waals surface area contributed by atoms with Crippen molar-refractivity contribution in [2.24, 2.45) is 0 Å². The third kappa shape index (κ3) is 5.76. The van der Waals surface area contributed by atoms with Crippen molar-refractivity contribution >= 4 is 17.6 Å². The first-order chi connectivity index (χ1) is 13.5. The molecule has 0 spiro atoms. The van der Waals surface area contributed by atoms with E-state index in [1.165, 1.54) is 0 Å². The zero-order valence-electron chi connectivity index (χ0n) is 17.3. The van der Waals surface area contributed by atoms with Crippen LogP contribution in [-0.2, 0) is 4.79 Å². The van der Waals surface area contributed by atoms with Gasteiger partial charge in [0.25, 0.3) is 0 Å². The van der Waals surface area contributed by atoms with E-state index in [9.17, 15) is 9.59 Å². The molecular weight excluding hydrogens is 360 g/mol. The van der Waals surface area contributed by atoms with Gasteiger partial charge in [-0.15, -0.1) is 0 Å². The molecule has 1 heterocycles. The fourth-order valence-electron chi connectivity index (χ4n) is 3.33. The van der Waals surface area contributed by atoms with Crippen molar-refractivity contribution in [3.05, 3.63) is 18.2 Å². The van der Waals surface area contributed by atoms with Crippen LogP contribution in [0.1, 0.15) is 26.7 Å². The maximum atomic E-state index is 12.4. The zero-order valence-corrected chi connectivity index (χ0v) is 17.3. The Morgan fingerprint density at radius 2 is 1.93 bits per heavy atom. The lowest BCUT2D eigenvalue weighted by molar-refractivity contribution is -0.117. The van der Waals surface area contributed by atoms with Gasteiger partial charge in [0.15, 0.2) is 11.5 Å². The van der Waals surface area contributed by atoms with Crippen LogP contribution in [0, 0.1) is 0 Å². The maximum absolute atomic E-state index is 12.4. The monoisotopic (exact) mass is 392 g/mol. The van der Waals surface area contributed by atoms with E-state index < -0.39 is 0 Å². The molecule has 2 rings (SSSR count). The summed E-state index contributed by atoms with van der Waals surface area (Å²) in [4.78, 5) is 28.5. The minimum atomic E-state index is -0.230. The molecule has 0 saturated carbocycles. The summed E-state index contributed by atoms with van der Waals surface area (Å²) < 4.78 is 10.5. The zero-order chi connectivity index (χ0) is 20.5. The third-order valence-electron chi connectivity index (χ3n) is 4.97. The van der Waals surface area contributed by atoms with Crippen molar-refractivity contribution in [3.63, 3.8) is 0 Å². The fourth-order valence-corrected chi connectivity index (χ4v) is 3.33. The quantitative estimate of drug-likeness (QED) is 0.594. The Balaban J connectivity index is 1.83. The van der Waals surface area contributed by atoms with E-state index >= 15 is 0 Å². The fraction of sp³-hybridized carbons (Fsp3) is 0.600. The van der Waals surface area contributed by atoms with Gasteiger partial charge in [-0.25, -0.2) is 4.79 Å². The highest BCUT2D eigenvalue weighted by Crippen LogP contribution is 2.33. The largest absolute Gasteiger partial charge is 0.493 e. The number of nitrogens with zero attached hydrogens (tertiary/aromatic N) is 2. The van der Waals surface area contributed by atoms with E-state index in [1.54, 1.807) is 31.3 Å². The number of ether oxygens (including phenoxy) is 2. The molecule has 156 valence electrons. The van der Waals surface area contributed by atoms with Crippen LogP contribution in [0.25, 0.3) is 0 Å². The molecule has 1 aromatic carbocycles. The normalized spacial score (nSPS) is 16.4. The van der Waals surface area contributed by atoms with E-state index in [4.69, 9.17) is 9.47 Å². The molecule has 8 nitrogen and oxygen atoms in total. The number of amides is 3. The minimum absolute atomic E-state index is 0.0287. The van der Waals surface area contributed by atoms with Crippen LogP contribution >= 0.6 is 0 Å². The number of rotatable bonds is 10. The number of carbonyl (C=O) groups is 2. The minimum Gasteiger partial charge on any atom is -0.493 e. The SMILES string of the molecule is CCN(CC)CCCNC(=O)NC1CC(=O)N(c2ccc(OC)c(OC)c2)C1. The summed E-state index contributed by atoms with van der Waals surface area (Å²) in [6.45, 7) is 8.29. The average molecular weight is 393 g/mol. The molecule has 28 heavy (non-hydrogen) atoms. The number of carbonyl (C=O) groups excluding carboxylic acids is 2. The van der Waals surface area contributed by atoms with Crippen LogP contribution in [0.2, 0.25) is 0 Å². The molecule has 1 saturated heterocycles. The van der Waals surface area contributed by atoms with Crippen molar-refractivity contribution in [3.8, 4) is 11.5 Å². The van der Waals surface area contributed by atoms with Crippen molar-refractivity contribution in [1.29, 1.82) is 0 Å². The van der Waals surface area contributed by atoms with E-state index in [0.29, 0.717) is 24.6 Å². The number of urea groups is 1. The summed E-state index contributed by atoms with van der Waals surface area (Å²) in [6, 6.07) is 4.90. The molecule has 1 fully saturated rings. The van der Waals surface area contributed by atoms with Gasteiger partial charge in [-0.3, -0.25) is 4.79 Å². The Kier molecular flexibility index (Phi) is 8.38. The molecule has 8 heteroatoms. The topological polar surface area (TPSA) is 83.1 Å². The number of anilines is 1. The highest BCUT2D eigenvalue weighted by molar-refractivity contribution is 5.97. The molecule has 1 atom stereocenters. The first-order valence-corrected chi connectivity index (χ1v) is 9.81. The smallest absolute Gasteiger partial charge is 0.315 e. The number of nitrogens with one attached hydrogen (secondary N) is 2. The van der Waals surface area contributed by atoms with Crippen LogP contribution in [0.4, 0.5) is 10.5 Å². The molecule has 0 aromatic heterocycles. The van der Waals surface area contributed by atoms with E-state index in [-0.39, 0.29) is 24.4 Å². The van der Waals surface area contributed by atoms with Gasteiger partial charge in [0.2, 0.25) is 5.91 Å². The van der Waals surface area contributed by atoms with Crippen LogP contribution in [0.5, 0.6) is 11.5 Å². The van der Waals surface area contributed by atoms with Crippen molar-refractivity contribution in [2.75, 3.05) is 51.8 Å². The first-order valence-electron chi connectivity index (χ1n) is 9.81. The molecule has 1 aliphatic rings. The number of benzene rings is 1. The van der Waals surface area contributed by atoms with Crippen molar-refractivity contribution in [1.82, 2.24) is 15.5 Å². The van der Waals surface area contributed by atoms with Gasteiger partial charge in [0, 0.05) is 31.3 Å². The molecule has 0 aliphatic carbocycles. The Morgan fingerprint density at radius 3 is 2.57 bits per heavy atom. The number of methoxy groups -OCH3 is 2. The lowest BCUT2D eigenvalue weighted by Crippen LogP contribution is -2.44. The van der Waals surface area contributed by atoms with Gasteiger partial charge in [-0.1, -0.05) is 13.8 Å². The Labute approximate surface area is 167 Å². The summed E-state index contributed by atoms with van der Waals surface area (Å²) in [5.74, 6) is 1.14. The van der Waals surface area contributed by atoms with Crippen molar-refractivity contribution < 1.29 is 19.1 Å². The molecule has 1 aliphatic heterocycles. The second-order valence-electron chi connectivity index (χ2n) is 6.73. The van der Waals surface area contributed by atoms with Gasteiger partial charge in [0.05, 0.1) is 20.3 Å². The predicted molar refractivity (Wildman–Crippen MR) is 109 cm³/mol. The third-order valence-corrected chi connectivity index (χ3v) is 4.97. The number of hydrogen-bond donors (Lipinski definition) is 2. The summed E-state index contributed by atoms with van der Waals surface area (Å²) >= 11 is 0. The van der Waals surface area contributed by atoms with E-state index in [2.05, 4.69) is 29.4 Å². The van der Waals surface area contributed by atoms with Crippen LogP contribution in [0.15, 0.2) is 18.2 Å². The summed E-state index contributed by atoms with van der Waals surface area (Å²) in [7, 11) is 3.13. The summed E-state index contributed by atoms with van der Waals surface area (Å²) in [5, 5.41) is 5.77. The molecule has 3 amide bonds. The van der Waals surface area contributed by atoms with Crippen molar-refractivity contribution in [2.45, 2.75) is 32.7 Å². The highest BCUT2D eigenvalue weighted by atomic mass is 16.5. The number of hydrogen-bond acceptors (Lipinski definition) is 5. The molecule has 1 unspecified atom stereocenters. The second-order valence-corrected chi connectivity index (χ2v) is 6.73. The van der Waals surface area contributed by atoms with Gasteiger partial charge in [-0.2, -0.15) is 0 Å². The van der Waals surface area contributed by atoms with E-state index in [1.807, 2.05) is 6.07 Å². The summed E-state index contributed by atoms with van der Waals surface area (Å²) in [6.07, 6.45) is 1.18. The molecule has 0 radical (unpaired) electrons. The Hall–Kier alpha value is -2.48. The Morgan fingerprint density at radius 1 is 1.21 bits per heavy atom. The van der Waals surface area contributed by atoms with Gasteiger partial charge in [0.1, 0.15) is 0 Å². The van der Waals surface area contributed by atoms with Gasteiger partial charge < -0.3 is 29.9 Å². The first kappa shape index (κ1) is 21.8. The van der Waals surface area contributed by atoms with Crippen LogP contribution in [-0.4, -0.2) is 69.8 Å². The second kappa shape index (κ2) is 10.8. The van der Waals surface area contributed by atoms with Gasteiger partial charge >= 0.3 is 6.03 Å². The van der Waals surface area contributed by atoms with E-state index in [0.717, 1.165) is 31.7 Å². The lowest BCUT2D eigenvalue weighted by Gasteiger charge is -2.19. The van der Waals surface area contributed by atoms with Gasteiger partial charge in [-0.05, 0) is 38.2 Å². The summed E-state index contributed by atoms with van der Waals surface area (Å²) in [5.41, 5.74) is 0.728. The van der Waals surface area contributed by atoms with Crippen LogP contribution < -0.4 is 25.0 Å². The Bertz CT molecular complexity index is 664. The predicted octanol–water partition coefficient (Wildman–Crippen LogP) is 1.84. The standard InChI is InChI=1S/C20H32N4O4/c1-5-23(6-2)11-7-10-21-20(26)22-15-12-19(25)24(14-15)16-8-9-17(27-3)18(13-16)28-4/h8-9,13,15H,5-7,10-12,14H2,1-4H3,(H2,21,22,26).